The van der Waals surface area contributed by atoms with E-state index in [2.05, 4.69) is 18.2 Å². The second kappa shape index (κ2) is 8.30. The molecule has 146 valence electrons. The fourth-order valence-electron chi connectivity index (χ4n) is 4.53. The van der Waals surface area contributed by atoms with Crippen LogP contribution >= 0.6 is 0 Å². The van der Waals surface area contributed by atoms with Crippen LogP contribution in [-0.4, -0.2) is 29.7 Å². The number of likely N-dealkylation sites (tertiary alicyclic amines) is 1. The van der Waals surface area contributed by atoms with Gasteiger partial charge in [-0.1, -0.05) is 48.0 Å². The molecule has 3 nitrogen and oxygen atoms in total. The number of nitrogens with zero attached hydrogens (tertiary/aromatic N) is 1. The number of rotatable bonds is 4. The summed E-state index contributed by atoms with van der Waals surface area (Å²) in [4.78, 5) is 27.4. The van der Waals surface area contributed by atoms with Crippen LogP contribution in [0.15, 0.2) is 42.5 Å². The summed E-state index contributed by atoms with van der Waals surface area (Å²) in [7, 11) is 0. The predicted octanol–water partition coefficient (Wildman–Crippen LogP) is 4.54. The number of carbonyl (C=O) groups excluding carboxylic acids is 2. The summed E-state index contributed by atoms with van der Waals surface area (Å²) in [5.41, 5.74) is 5.98. The zero-order chi connectivity index (χ0) is 19.5. The van der Waals surface area contributed by atoms with Crippen LogP contribution in [0.3, 0.4) is 0 Å². The highest BCUT2D eigenvalue weighted by molar-refractivity contribution is 5.98. The van der Waals surface area contributed by atoms with Crippen molar-refractivity contribution < 1.29 is 9.59 Å². The highest BCUT2D eigenvalue weighted by Crippen LogP contribution is 2.25. The Kier molecular flexibility index (Phi) is 5.61. The molecule has 1 fully saturated rings. The number of amides is 1. The first-order valence-corrected chi connectivity index (χ1v) is 10.6. The predicted molar refractivity (Wildman–Crippen MR) is 112 cm³/mol. The van der Waals surface area contributed by atoms with Gasteiger partial charge in [-0.15, -0.1) is 0 Å². The molecule has 0 saturated carbocycles. The second-order valence-corrected chi connectivity index (χ2v) is 8.37. The number of Topliss-reactive ketones (excluding diaryl/α,β-unsaturated/α-hetero) is 1. The van der Waals surface area contributed by atoms with Gasteiger partial charge in [-0.05, 0) is 62.1 Å². The molecule has 4 rings (SSSR count). The molecular weight excluding hydrogens is 346 g/mol. The van der Waals surface area contributed by atoms with Crippen molar-refractivity contribution in [2.75, 3.05) is 13.1 Å². The molecule has 2 aromatic carbocycles. The molecule has 0 spiro atoms. The summed E-state index contributed by atoms with van der Waals surface area (Å²) in [5.74, 6) is 0.453. The maximum atomic E-state index is 12.8. The lowest BCUT2D eigenvalue weighted by Gasteiger charge is -2.31. The van der Waals surface area contributed by atoms with Gasteiger partial charge in [-0.3, -0.25) is 9.59 Å². The summed E-state index contributed by atoms with van der Waals surface area (Å²) >= 11 is 0. The minimum absolute atomic E-state index is 0.0375. The molecule has 1 aliphatic heterocycles. The van der Waals surface area contributed by atoms with Crippen molar-refractivity contribution in [1.82, 2.24) is 4.90 Å². The number of fused-ring (bicyclic) bond motifs is 1. The lowest BCUT2D eigenvalue weighted by atomic mass is 9.88. The first-order chi connectivity index (χ1) is 13.6. The van der Waals surface area contributed by atoms with Crippen molar-refractivity contribution in [3.63, 3.8) is 0 Å². The molecule has 0 bridgehead atoms. The van der Waals surface area contributed by atoms with Crippen LogP contribution in [0, 0.1) is 12.8 Å². The summed E-state index contributed by atoms with van der Waals surface area (Å²) < 4.78 is 0. The minimum atomic E-state index is 0.0375. The molecule has 2 aromatic rings. The van der Waals surface area contributed by atoms with Gasteiger partial charge in [0, 0.05) is 24.6 Å². The van der Waals surface area contributed by atoms with E-state index in [1.54, 1.807) is 0 Å². The van der Waals surface area contributed by atoms with Crippen molar-refractivity contribution in [2.45, 2.75) is 51.9 Å². The van der Waals surface area contributed by atoms with Crippen LogP contribution in [0.4, 0.5) is 0 Å². The average Bonchev–Trinajstić information content (AvgIpc) is 2.74. The smallest absolute Gasteiger partial charge is 0.226 e. The number of carbonyl (C=O) groups is 2. The van der Waals surface area contributed by atoms with Crippen LogP contribution < -0.4 is 0 Å². The lowest BCUT2D eigenvalue weighted by Crippen LogP contribution is -2.41. The molecule has 0 aromatic heterocycles. The van der Waals surface area contributed by atoms with E-state index in [-0.39, 0.29) is 17.6 Å². The third-order valence-electron chi connectivity index (χ3n) is 6.32. The van der Waals surface area contributed by atoms with Crippen LogP contribution in [0.5, 0.6) is 0 Å². The highest BCUT2D eigenvalue weighted by Gasteiger charge is 2.28. The van der Waals surface area contributed by atoms with E-state index < -0.39 is 0 Å². The monoisotopic (exact) mass is 375 g/mol. The van der Waals surface area contributed by atoms with E-state index >= 15 is 0 Å². The molecule has 1 aliphatic carbocycles. The average molecular weight is 376 g/mol. The van der Waals surface area contributed by atoms with Crippen LogP contribution in [0.1, 0.15) is 58.3 Å². The third-order valence-corrected chi connectivity index (χ3v) is 6.32. The van der Waals surface area contributed by atoms with Crippen molar-refractivity contribution >= 4 is 11.7 Å². The number of piperidine rings is 1. The quantitative estimate of drug-likeness (QED) is 0.736. The molecule has 2 aliphatic rings. The number of aryl methyl sites for hydroxylation is 3. The van der Waals surface area contributed by atoms with E-state index in [0.717, 1.165) is 30.4 Å². The molecule has 0 radical (unpaired) electrons. The van der Waals surface area contributed by atoms with E-state index in [1.165, 1.54) is 36.0 Å². The molecule has 1 heterocycles. The molecule has 0 unspecified atom stereocenters. The Labute approximate surface area is 167 Å². The van der Waals surface area contributed by atoms with E-state index in [1.807, 2.05) is 36.1 Å². The van der Waals surface area contributed by atoms with Crippen molar-refractivity contribution in [2.24, 2.45) is 5.92 Å². The molecule has 1 saturated heterocycles. The number of hydrogen-bond donors (Lipinski definition) is 0. The highest BCUT2D eigenvalue weighted by atomic mass is 16.2. The van der Waals surface area contributed by atoms with Crippen LogP contribution in [0.2, 0.25) is 0 Å². The van der Waals surface area contributed by atoms with Crippen LogP contribution in [0.25, 0.3) is 0 Å². The van der Waals surface area contributed by atoms with Gasteiger partial charge < -0.3 is 4.90 Å². The van der Waals surface area contributed by atoms with Crippen molar-refractivity contribution in [3.05, 3.63) is 70.3 Å². The molecule has 0 atom stereocenters. The summed E-state index contributed by atoms with van der Waals surface area (Å²) in [5, 5.41) is 0. The van der Waals surface area contributed by atoms with E-state index in [9.17, 15) is 9.59 Å². The lowest BCUT2D eigenvalue weighted by molar-refractivity contribution is -0.131. The van der Waals surface area contributed by atoms with E-state index in [4.69, 9.17) is 0 Å². The molecule has 28 heavy (non-hydrogen) atoms. The van der Waals surface area contributed by atoms with Gasteiger partial charge in [0.1, 0.15) is 0 Å². The Morgan fingerprint density at radius 3 is 2.32 bits per heavy atom. The molecule has 3 heteroatoms. The Bertz CT molecular complexity index is 861. The maximum Gasteiger partial charge on any atom is 0.226 e. The SMILES string of the molecule is Cc1ccc(C(=O)C2CCN(C(=O)Cc3ccc4c(c3)CCCC4)CC2)cc1. The minimum Gasteiger partial charge on any atom is -0.342 e. The van der Waals surface area contributed by atoms with Gasteiger partial charge in [0.15, 0.2) is 5.78 Å². The summed E-state index contributed by atoms with van der Waals surface area (Å²) in [6.45, 7) is 3.40. The van der Waals surface area contributed by atoms with Gasteiger partial charge in [0.05, 0.1) is 6.42 Å². The third kappa shape index (κ3) is 4.19. The van der Waals surface area contributed by atoms with Gasteiger partial charge in [0.2, 0.25) is 5.91 Å². The normalized spacial score (nSPS) is 17.2. The number of ketones is 1. The zero-order valence-corrected chi connectivity index (χ0v) is 16.7. The topological polar surface area (TPSA) is 37.4 Å². The molecular formula is C25H29NO2. The van der Waals surface area contributed by atoms with Crippen molar-refractivity contribution in [1.29, 1.82) is 0 Å². The van der Waals surface area contributed by atoms with Gasteiger partial charge in [0.25, 0.3) is 0 Å². The molecule has 1 amide bonds. The largest absolute Gasteiger partial charge is 0.342 e. The Morgan fingerprint density at radius 1 is 0.929 bits per heavy atom. The standard InChI is InChI=1S/C25H29NO2/c1-18-6-9-21(10-7-18)25(28)22-12-14-26(15-13-22)24(27)17-19-8-11-20-4-2-3-5-23(20)16-19/h6-11,16,22H,2-5,12-15,17H2,1H3. The van der Waals surface area contributed by atoms with Gasteiger partial charge >= 0.3 is 0 Å². The Hall–Kier alpha value is -2.42. The molecule has 0 N–H and O–H groups in total. The van der Waals surface area contributed by atoms with Crippen molar-refractivity contribution in [3.8, 4) is 0 Å². The fourth-order valence-corrected chi connectivity index (χ4v) is 4.53. The van der Waals surface area contributed by atoms with Crippen LogP contribution in [-0.2, 0) is 24.1 Å². The maximum absolute atomic E-state index is 12.8. The first-order valence-electron chi connectivity index (χ1n) is 10.6. The number of benzene rings is 2. The summed E-state index contributed by atoms with van der Waals surface area (Å²) in [6, 6.07) is 14.4. The van der Waals surface area contributed by atoms with E-state index in [0.29, 0.717) is 19.5 Å². The fraction of sp³-hybridized carbons (Fsp3) is 0.440. The Balaban J connectivity index is 1.32. The van der Waals surface area contributed by atoms with Gasteiger partial charge in [-0.25, -0.2) is 0 Å². The summed E-state index contributed by atoms with van der Waals surface area (Å²) in [6.07, 6.45) is 6.86. The van der Waals surface area contributed by atoms with Gasteiger partial charge in [-0.2, -0.15) is 0 Å². The Morgan fingerprint density at radius 2 is 1.61 bits per heavy atom. The second-order valence-electron chi connectivity index (χ2n) is 8.37. The first kappa shape index (κ1) is 18.9. The number of hydrogen-bond acceptors (Lipinski definition) is 2. The zero-order valence-electron chi connectivity index (χ0n) is 16.7.